The first-order valence-corrected chi connectivity index (χ1v) is 24.6. The number of nitrogens with one attached hydrogen (secondary N) is 1. The van der Waals surface area contributed by atoms with E-state index in [0.29, 0.717) is 39.2 Å². The van der Waals surface area contributed by atoms with Crippen molar-refractivity contribution in [3.8, 4) is 17.2 Å². The molecule has 3 aliphatic rings. The Morgan fingerprint density at radius 1 is 0.986 bits per heavy atom. The number of ether oxygens (including phenoxy) is 7. The van der Waals surface area contributed by atoms with Gasteiger partial charge in [-0.2, -0.15) is 0 Å². The lowest BCUT2D eigenvalue weighted by Gasteiger charge is -2.37. The Kier molecular flexibility index (Phi) is 17.6. The topological polar surface area (TPSA) is 211 Å². The molecule has 7 atom stereocenters. The molecule has 386 valence electrons. The van der Waals surface area contributed by atoms with Gasteiger partial charge in [0.15, 0.2) is 22.4 Å². The number of anilines is 1. The van der Waals surface area contributed by atoms with Crippen molar-refractivity contribution in [1.29, 1.82) is 0 Å². The van der Waals surface area contributed by atoms with Gasteiger partial charge in [-0.25, -0.2) is 4.98 Å². The monoisotopic (exact) mass is 987 g/mol. The van der Waals surface area contributed by atoms with Crippen molar-refractivity contribution in [2.24, 2.45) is 17.8 Å². The molecule has 3 unspecified atom stereocenters. The molecule has 17 nitrogen and oxygen atoms in total. The van der Waals surface area contributed by atoms with Crippen molar-refractivity contribution in [3.63, 3.8) is 0 Å². The zero-order valence-corrected chi connectivity index (χ0v) is 43.3. The van der Waals surface area contributed by atoms with Gasteiger partial charge in [0.2, 0.25) is 10.9 Å². The highest BCUT2D eigenvalue weighted by molar-refractivity contribution is 6.16. The van der Waals surface area contributed by atoms with E-state index in [2.05, 4.69) is 40.1 Å². The number of aliphatic hydroxyl groups is 1. The Balaban J connectivity index is 0.00000268. The van der Waals surface area contributed by atoms with E-state index in [1.54, 1.807) is 32.3 Å². The van der Waals surface area contributed by atoms with Crippen LogP contribution in [0.2, 0.25) is 0 Å². The lowest BCUT2D eigenvalue weighted by atomic mass is 9.84. The minimum atomic E-state index is -1.95. The number of quaternary nitrogens is 1. The highest BCUT2D eigenvalue weighted by Gasteiger charge is 2.44. The quantitative estimate of drug-likeness (QED) is 0.0670. The molecule has 1 saturated heterocycles. The Hall–Kier alpha value is -6.01. The number of allylic oxidation sites excluding steroid dienone is 3. The molecule has 0 saturated carbocycles. The molecule has 1 amide bonds. The fourth-order valence-electron chi connectivity index (χ4n) is 9.60. The summed E-state index contributed by atoms with van der Waals surface area (Å²) in [5, 5.41) is 26.4. The van der Waals surface area contributed by atoms with Gasteiger partial charge in [-0.3, -0.25) is 19.2 Å². The van der Waals surface area contributed by atoms with Crippen molar-refractivity contribution in [2.75, 3.05) is 66.0 Å². The van der Waals surface area contributed by atoms with Gasteiger partial charge in [-0.05, 0) is 51.0 Å². The molecule has 1 aromatic heterocycles. The van der Waals surface area contributed by atoms with Crippen LogP contribution >= 0.6 is 0 Å². The molecule has 7 rings (SSSR count). The van der Waals surface area contributed by atoms with E-state index >= 15 is 0 Å². The van der Waals surface area contributed by atoms with E-state index < -0.39 is 64.3 Å². The summed E-state index contributed by atoms with van der Waals surface area (Å²) in [7, 11) is 5.23. The summed E-state index contributed by atoms with van der Waals surface area (Å²) in [4.78, 5) is 60.1. The maximum Gasteiger partial charge on any atom is 0.307 e. The second-order valence-electron chi connectivity index (χ2n) is 19.5. The minimum absolute atomic E-state index is 0.0301. The summed E-state index contributed by atoms with van der Waals surface area (Å²) in [6, 6.07) is 2.80. The average Bonchev–Trinajstić information content (AvgIpc) is 3.58. The van der Waals surface area contributed by atoms with Gasteiger partial charge in [0.05, 0.1) is 49.3 Å². The zero-order valence-electron chi connectivity index (χ0n) is 43.3. The number of carbonyl (C=O) groups is 2. The number of methoxy groups -OCH3 is 2. The third kappa shape index (κ3) is 11.7. The fraction of sp³-hybridized carbons (Fsp3) is 0.537. The van der Waals surface area contributed by atoms with E-state index in [1.165, 1.54) is 52.7 Å². The van der Waals surface area contributed by atoms with Crippen LogP contribution in [0.4, 0.5) is 5.69 Å². The second kappa shape index (κ2) is 23.0. The van der Waals surface area contributed by atoms with E-state index in [0.717, 1.165) is 24.0 Å². The lowest BCUT2D eigenvalue weighted by molar-refractivity contribution is -0.916. The van der Waals surface area contributed by atoms with Gasteiger partial charge in [0, 0.05) is 62.6 Å². The molecule has 0 spiro atoms. The number of phenolic OH excluding ortho intramolecular Hbond substituents is 1. The van der Waals surface area contributed by atoms with Crippen LogP contribution in [0.25, 0.3) is 38.7 Å². The van der Waals surface area contributed by atoms with E-state index in [4.69, 9.17) is 42.6 Å². The number of hydrogen-bond acceptors (Lipinski definition) is 15. The van der Waals surface area contributed by atoms with Crippen LogP contribution < -0.4 is 30.9 Å². The van der Waals surface area contributed by atoms with Crippen LogP contribution in [0.1, 0.15) is 86.6 Å². The number of benzene rings is 3. The van der Waals surface area contributed by atoms with Gasteiger partial charge >= 0.3 is 11.8 Å². The van der Waals surface area contributed by atoms with Gasteiger partial charge in [0.1, 0.15) is 60.8 Å². The van der Waals surface area contributed by atoms with Crippen molar-refractivity contribution in [1.82, 2.24) is 4.98 Å². The first-order chi connectivity index (χ1) is 33.7. The zero-order chi connectivity index (χ0) is 51.9. The van der Waals surface area contributed by atoms with E-state index in [1.807, 2.05) is 13.0 Å². The van der Waals surface area contributed by atoms with Crippen LogP contribution in [0, 0.1) is 24.7 Å². The molecular formula is C54H72N3O14+. The Morgan fingerprint density at radius 2 is 1.69 bits per heavy atom. The molecule has 71 heavy (non-hydrogen) atoms. The predicted octanol–water partition coefficient (Wildman–Crippen LogP) is 7.66. The molecule has 3 aliphatic heterocycles. The number of rotatable bonds is 8. The van der Waals surface area contributed by atoms with Crippen LogP contribution in [-0.4, -0.2) is 116 Å². The normalized spacial score (nSPS) is 26.7. The maximum absolute atomic E-state index is 14.9. The van der Waals surface area contributed by atoms with E-state index in [-0.39, 0.29) is 78.3 Å². The summed E-state index contributed by atoms with van der Waals surface area (Å²) in [5.74, 6) is -4.13. The van der Waals surface area contributed by atoms with Gasteiger partial charge in [-0.1, -0.05) is 59.3 Å². The number of carbonyl (C=O) groups excluding carboxylic acids is 2. The summed E-state index contributed by atoms with van der Waals surface area (Å²) >= 11 is 0. The van der Waals surface area contributed by atoms with Crippen molar-refractivity contribution in [3.05, 3.63) is 79.5 Å². The SMILES string of the molecule is CCC.CC[C@H]1C(OC(C)=O)C(OC)C[C@H](C)CC(C)/C=C/C=C(/C)C(=O)Nc2c(=O)c3c(O)c(C)c4c(c3c3nc5c(=O)cc(OCC[N+]6(C)CCOCC6)cc5oc23)=C(O)[C@@](C)(O/C=C/[C@@H]1OC)O4. The number of fused-ring (bicyclic) bond motifs is 2. The standard InChI is InChI=1S/C51H63N3O14.C3H8/c1-11-33-35(61-9)15-19-65-51(7)49(59)40-38-39(44(57)30(5)46(40)68-51)45(58)43(53-50(60)29(4)14-12-13-27(2)23-28(3)24-37(62-10)47(33)66-31(6)55)48-42(38)52-41-34(56)25-32(26-36(41)67-48)64-22-18-54(8)16-20-63-21-17-54;1-3-2/h12-15,19,25-28,33,35,37,47H,11,16-18,20-24H2,1-10H3,(H2-,52,53,56,57,58,59,60);3H2,1-2H3/p+1/b13-12+,19-15+,29-14-;/t27?,28-,33-,35+,37?,47?,51+;/m1./s1. The maximum atomic E-state index is 14.9. The molecular weight excluding hydrogens is 915 g/mol. The van der Waals surface area contributed by atoms with Gasteiger partial charge in [-0.15, -0.1) is 0 Å². The minimum Gasteiger partial charge on any atom is -0.507 e. The van der Waals surface area contributed by atoms with Gasteiger partial charge in [0.25, 0.3) is 5.91 Å². The number of hydrogen-bond donors (Lipinski definition) is 3. The molecule has 4 aromatic rings. The highest BCUT2D eigenvalue weighted by atomic mass is 16.7. The Labute approximate surface area is 414 Å². The highest BCUT2D eigenvalue weighted by Crippen LogP contribution is 2.42. The van der Waals surface area contributed by atoms with Crippen molar-refractivity contribution in [2.45, 2.75) is 112 Å². The summed E-state index contributed by atoms with van der Waals surface area (Å²) in [6.45, 7) is 20.1. The largest absolute Gasteiger partial charge is 0.507 e. The van der Waals surface area contributed by atoms with Crippen molar-refractivity contribution < 1.29 is 61.9 Å². The van der Waals surface area contributed by atoms with Crippen LogP contribution in [0.15, 0.2) is 62.3 Å². The Morgan fingerprint density at radius 3 is 2.34 bits per heavy atom. The third-order valence-corrected chi connectivity index (χ3v) is 13.6. The van der Waals surface area contributed by atoms with Crippen molar-refractivity contribution >= 4 is 56.3 Å². The van der Waals surface area contributed by atoms with Gasteiger partial charge < -0.3 is 57.6 Å². The number of aromatic hydroxyl groups is 1. The second-order valence-corrected chi connectivity index (χ2v) is 19.5. The number of nitrogens with zero attached hydrogens (tertiary/aromatic N) is 2. The molecule has 4 bridgehead atoms. The Bertz CT molecular complexity index is 2880. The number of morpholine rings is 1. The van der Waals surface area contributed by atoms with Crippen LogP contribution in [0.5, 0.6) is 17.2 Å². The van der Waals surface area contributed by atoms with Crippen LogP contribution in [-0.2, 0) is 33.3 Å². The number of likely N-dealkylation sites (N-methyl/N-ethyl adjacent to an activating group) is 1. The molecule has 3 N–H and O–H groups in total. The number of aromatic nitrogens is 1. The summed E-state index contributed by atoms with van der Waals surface area (Å²) in [6.07, 6.45) is 9.48. The first-order valence-electron chi connectivity index (χ1n) is 24.6. The predicted molar refractivity (Wildman–Crippen MR) is 272 cm³/mol. The number of aliphatic hydroxyl groups excluding tert-OH is 1. The molecule has 0 aliphatic carbocycles. The third-order valence-electron chi connectivity index (χ3n) is 13.6. The molecule has 1 fully saturated rings. The van der Waals surface area contributed by atoms with E-state index in [9.17, 15) is 29.4 Å². The fourth-order valence-corrected chi connectivity index (χ4v) is 9.60. The average molecular weight is 987 g/mol. The number of esters is 1. The summed E-state index contributed by atoms with van der Waals surface area (Å²) < 4.78 is 49.3. The molecule has 4 heterocycles. The molecule has 17 heteroatoms. The molecule has 0 radical (unpaired) electrons. The number of amides is 1. The first kappa shape index (κ1) is 54.3. The lowest BCUT2D eigenvalue weighted by Crippen LogP contribution is -2.53. The summed E-state index contributed by atoms with van der Waals surface area (Å²) in [5.41, 5.74) is -1.98. The van der Waals surface area contributed by atoms with Crippen LogP contribution in [0.3, 0.4) is 0 Å². The molecule has 3 aromatic carbocycles. The number of phenols is 1. The smallest absolute Gasteiger partial charge is 0.307 e.